The van der Waals surface area contributed by atoms with Crippen molar-refractivity contribution in [1.29, 1.82) is 0 Å². The van der Waals surface area contributed by atoms with Crippen LogP contribution in [0.1, 0.15) is 5.56 Å². The Morgan fingerprint density at radius 1 is 1.40 bits per heavy atom. The van der Waals surface area contributed by atoms with E-state index < -0.39 is 0 Å². The van der Waals surface area contributed by atoms with Crippen molar-refractivity contribution in [3.63, 3.8) is 0 Å². The molecule has 1 amide bonds. The topological polar surface area (TPSA) is 64.1 Å². The molecule has 1 aromatic carbocycles. The van der Waals surface area contributed by atoms with Crippen LogP contribution in [0.25, 0.3) is 0 Å². The van der Waals surface area contributed by atoms with Gasteiger partial charge in [-0.05, 0) is 24.1 Å². The molecule has 0 aliphatic carbocycles. The van der Waals surface area contributed by atoms with Gasteiger partial charge in [0.1, 0.15) is 11.3 Å². The fraction of sp³-hybridized carbons (Fsp3) is 0.308. The highest BCUT2D eigenvalue weighted by Gasteiger charge is 2.04. The van der Waals surface area contributed by atoms with E-state index in [-0.39, 0.29) is 5.91 Å². The molecule has 0 saturated carbocycles. The first kappa shape index (κ1) is 14.8. The zero-order valence-electron chi connectivity index (χ0n) is 11.0. The van der Waals surface area contributed by atoms with E-state index in [1.165, 1.54) is 28.7 Å². The zero-order valence-corrected chi connectivity index (χ0v) is 12.7. The Morgan fingerprint density at radius 3 is 2.85 bits per heavy atom. The molecule has 1 aromatic heterocycles. The number of aromatic nitrogens is 2. The minimum Gasteiger partial charge on any atom is -0.497 e. The van der Waals surface area contributed by atoms with Crippen molar-refractivity contribution in [1.82, 2.24) is 15.5 Å². The number of carbonyl (C=O) groups excluding carboxylic acids is 1. The van der Waals surface area contributed by atoms with Gasteiger partial charge in [-0.3, -0.25) is 4.79 Å². The molecular formula is C13H15N3O2S2. The smallest absolute Gasteiger partial charge is 0.230 e. The Hall–Kier alpha value is -1.60. The second-order valence-corrected chi connectivity index (χ2v) is 6.00. The van der Waals surface area contributed by atoms with Crippen molar-refractivity contribution in [3.05, 3.63) is 35.3 Å². The van der Waals surface area contributed by atoms with Crippen LogP contribution in [0.15, 0.2) is 34.1 Å². The standard InChI is InChI=1S/C13H15N3O2S2/c1-18-11-4-2-10(3-5-11)6-7-14-12(17)8-19-13-16-15-9-20-13/h2-5,9H,6-8H2,1H3,(H,14,17). The summed E-state index contributed by atoms with van der Waals surface area (Å²) in [5.41, 5.74) is 2.83. The van der Waals surface area contributed by atoms with E-state index in [1.807, 2.05) is 24.3 Å². The van der Waals surface area contributed by atoms with Crippen LogP contribution in [0.5, 0.6) is 5.75 Å². The van der Waals surface area contributed by atoms with Crippen molar-refractivity contribution in [2.24, 2.45) is 0 Å². The first-order valence-electron chi connectivity index (χ1n) is 6.06. The summed E-state index contributed by atoms with van der Waals surface area (Å²) < 4.78 is 5.91. The summed E-state index contributed by atoms with van der Waals surface area (Å²) in [7, 11) is 1.64. The maximum absolute atomic E-state index is 11.6. The highest BCUT2D eigenvalue weighted by atomic mass is 32.2. The predicted octanol–water partition coefficient (Wildman–Crippen LogP) is 2.00. The van der Waals surface area contributed by atoms with E-state index in [0.29, 0.717) is 12.3 Å². The lowest BCUT2D eigenvalue weighted by atomic mass is 10.1. The minimum absolute atomic E-state index is 0.0127. The maximum Gasteiger partial charge on any atom is 0.230 e. The van der Waals surface area contributed by atoms with Crippen molar-refractivity contribution in [3.8, 4) is 5.75 Å². The van der Waals surface area contributed by atoms with E-state index in [0.717, 1.165) is 16.5 Å². The summed E-state index contributed by atoms with van der Waals surface area (Å²) in [5, 5.41) is 10.5. The summed E-state index contributed by atoms with van der Waals surface area (Å²) in [6.45, 7) is 0.627. The molecule has 0 aliphatic heterocycles. The van der Waals surface area contributed by atoms with E-state index in [9.17, 15) is 4.79 Å². The van der Waals surface area contributed by atoms with E-state index in [1.54, 1.807) is 12.6 Å². The average molecular weight is 309 g/mol. The molecule has 0 spiro atoms. The van der Waals surface area contributed by atoms with Crippen molar-refractivity contribution < 1.29 is 9.53 Å². The zero-order chi connectivity index (χ0) is 14.2. The lowest BCUT2D eigenvalue weighted by Gasteiger charge is -2.05. The highest BCUT2D eigenvalue weighted by molar-refractivity contribution is 8.01. The molecule has 0 radical (unpaired) electrons. The van der Waals surface area contributed by atoms with Gasteiger partial charge in [0.15, 0.2) is 4.34 Å². The fourth-order valence-corrected chi connectivity index (χ4v) is 2.86. The molecule has 0 atom stereocenters. The summed E-state index contributed by atoms with van der Waals surface area (Å²) in [5.74, 6) is 1.22. The number of ether oxygens (including phenoxy) is 1. The number of hydrogen-bond donors (Lipinski definition) is 1. The number of amides is 1. The number of carbonyl (C=O) groups is 1. The molecule has 0 unspecified atom stereocenters. The van der Waals surface area contributed by atoms with Crippen LogP contribution in [0.4, 0.5) is 0 Å². The molecule has 0 fully saturated rings. The van der Waals surface area contributed by atoms with Crippen molar-refractivity contribution in [2.45, 2.75) is 10.8 Å². The molecule has 0 saturated heterocycles. The number of methoxy groups -OCH3 is 1. The number of nitrogens with one attached hydrogen (secondary N) is 1. The number of rotatable bonds is 7. The van der Waals surface area contributed by atoms with Gasteiger partial charge in [0, 0.05) is 6.54 Å². The second kappa shape index (κ2) is 7.86. The lowest BCUT2D eigenvalue weighted by molar-refractivity contribution is -0.118. The molecule has 1 heterocycles. The lowest BCUT2D eigenvalue weighted by Crippen LogP contribution is -2.27. The number of hydrogen-bond acceptors (Lipinski definition) is 6. The van der Waals surface area contributed by atoms with Gasteiger partial charge >= 0.3 is 0 Å². The van der Waals surface area contributed by atoms with Crippen molar-refractivity contribution in [2.75, 3.05) is 19.4 Å². The quantitative estimate of drug-likeness (QED) is 0.793. The number of nitrogens with zero attached hydrogens (tertiary/aromatic N) is 2. The summed E-state index contributed by atoms with van der Waals surface area (Å²) in [6, 6.07) is 7.84. The third-order valence-corrected chi connectivity index (χ3v) is 4.42. The fourth-order valence-electron chi connectivity index (χ4n) is 1.54. The molecule has 5 nitrogen and oxygen atoms in total. The Balaban J connectivity index is 1.65. The summed E-state index contributed by atoms with van der Waals surface area (Å²) in [6.07, 6.45) is 0.805. The molecule has 7 heteroatoms. The molecular weight excluding hydrogens is 294 g/mol. The van der Waals surface area contributed by atoms with Gasteiger partial charge in [-0.25, -0.2) is 0 Å². The largest absolute Gasteiger partial charge is 0.497 e. The monoisotopic (exact) mass is 309 g/mol. The summed E-state index contributed by atoms with van der Waals surface area (Å²) in [4.78, 5) is 11.6. The van der Waals surface area contributed by atoms with E-state index in [2.05, 4.69) is 15.5 Å². The van der Waals surface area contributed by atoms with Gasteiger partial charge in [0.2, 0.25) is 5.91 Å². The van der Waals surface area contributed by atoms with E-state index in [4.69, 9.17) is 4.74 Å². The van der Waals surface area contributed by atoms with Gasteiger partial charge < -0.3 is 10.1 Å². The Kier molecular flexibility index (Phi) is 5.82. The van der Waals surface area contributed by atoms with Gasteiger partial charge in [-0.1, -0.05) is 35.2 Å². The predicted molar refractivity (Wildman–Crippen MR) is 80.3 cm³/mol. The Morgan fingerprint density at radius 2 is 2.20 bits per heavy atom. The van der Waals surface area contributed by atoms with Crippen LogP contribution in [0, 0.1) is 0 Å². The molecule has 106 valence electrons. The Labute approximate surface area is 125 Å². The van der Waals surface area contributed by atoms with Crippen LogP contribution >= 0.6 is 23.1 Å². The third kappa shape index (κ3) is 4.82. The molecule has 2 rings (SSSR count). The van der Waals surface area contributed by atoms with E-state index >= 15 is 0 Å². The first-order valence-corrected chi connectivity index (χ1v) is 7.93. The molecule has 20 heavy (non-hydrogen) atoms. The minimum atomic E-state index is 0.0127. The highest BCUT2D eigenvalue weighted by Crippen LogP contribution is 2.18. The van der Waals surface area contributed by atoms with Crippen molar-refractivity contribution >= 4 is 29.0 Å². The van der Waals surface area contributed by atoms with Crippen LogP contribution in [-0.4, -0.2) is 35.5 Å². The van der Waals surface area contributed by atoms with Gasteiger partial charge in [0.05, 0.1) is 12.9 Å². The Bertz CT molecular complexity index is 529. The average Bonchev–Trinajstić information content (AvgIpc) is 2.99. The number of benzene rings is 1. The van der Waals surface area contributed by atoms with Crippen LogP contribution < -0.4 is 10.1 Å². The SMILES string of the molecule is COc1ccc(CCNC(=O)CSc2nncs2)cc1. The van der Waals surface area contributed by atoms with Crippen LogP contribution in [0.3, 0.4) is 0 Å². The van der Waals surface area contributed by atoms with Crippen LogP contribution in [0.2, 0.25) is 0 Å². The van der Waals surface area contributed by atoms with Gasteiger partial charge in [0.25, 0.3) is 0 Å². The normalized spacial score (nSPS) is 10.2. The molecule has 0 bridgehead atoms. The number of thioether (sulfide) groups is 1. The molecule has 0 aliphatic rings. The van der Waals surface area contributed by atoms with Crippen LogP contribution in [-0.2, 0) is 11.2 Å². The molecule has 2 aromatic rings. The third-order valence-electron chi connectivity index (χ3n) is 2.56. The van der Waals surface area contributed by atoms with Gasteiger partial charge in [-0.15, -0.1) is 10.2 Å². The molecule has 1 N–H and O–H groups in total. The first-order chi connectivity index (χ1) is 9.78. The maximum atomic E-state index is 11.6. The van der Waals surface area contributed by atoms with Gasteiger partial charge in [-0.2, -0.15) is 0 Å². The summed E-state index contributed by atoms with van der Waals surface area (Å²) >= 11 is 2.84. The second-order valence-electron chi connectivity index (χ2n) is 3.94.